The summed E-state index contributed by atoms with van der Waals surface area (Å²) < 4.78 is 42.7. The smallest absolute Gasteiger partial charge is 0.356 e. The largest absolute Gasteiger partial charge is 0.411 e. The molecule has 0 aliphatic rings. The monoisotopic (exact) mass is 158 g/mol. The molecule has 0 aromatic rings. The molecule has 0 fully saturated rings. The summed E-state index contributed by atoms with van der Waals surface area (Å²) in [4.78, 5) is 0. The Kier molecular flexibility index (Phi) is 3.67. The third-order valence-corrected chi connectivity index (χ3v) is 0.814. The first-order valence-corrected chi connectivity index (χ1v) is 2.67. The lowest BCUT2D eigenvalue weighted by molar-refractivity contribution is -0.218. The van der Waals surface area contributed by atoms with Crippen molar-refractivity contribution in [1.82, 2.24) is 0 Å². The lowest BCUT2D eigenvalue weighted by Gasteiger charge is -2.12. The first-order chi connectivity index (χ1) is 4.45. The van der Waals surface area contributed by atoms with Crippen molar-refractivity contribution in [1.29, 1.82) is 0 Å². The zero-order valence-corrected chi connectivity index (χ0v) is 5.73. The highest BCUT2D eigenvalue weighted by Gasteiger charge is 2.28. The van der Waals surface area contributed by atoms with Crippen LogP contribution >= 0.6 is 0 Å². The zero-order valence-electron chi connectivity index (χ0n) is 5.73. The summed E-state index contributed by atoms with van der Waals surface area (Å²) in [5.41, 5.74) is 0. The summed E-state index contributed by atoms with van der Waals surface area (Å²) in [5.74, 6) is 0. The minimum atomic E-state index is -4.27. The molecule has 0 amide bonds. The van der Waals surface area contributed by atoms with Crippen LogP contribution in [0.2, 0.25) is 0 Å². The molecule has 0 bridgehead atoms. The maximum Gasteiger partial charge on any atom is 0.411 e. The second-order valence-corrected chi connectivity index (χ2v) is 1.73. The van der Waals surface area contributed by atoms with Gasteiger partial charge < -0.3 is 9.47 Å². The summed E-state index contributed by atoms with van der Waals surface area (Å²) >= 11 is 0. The Morgan fingerprint density at radius 3 is 2.20 bits per heavy atom. The van der Waals surface area contributed by atoms with Gasteiger partial charge in [-0.25, -0.2) is 0 Å². The molecule has 62 valence electrons. The highest BCUT2D eigenvalue weighted by Crippen LogP contribution is 2.15. The van der Waals surface area contributed by atoms with Crippen LogP contribution in [0.25, 0.3) is 0 Å². The van der Waals surface area contributed by atoms with Crippen molar-refractivity contribution in [3.63, 3.8) is 0 Å². The van der Waals surface area contributed by atoms with E-state index in [0.29, 0.717) is 0 Å². The molecule has 0 radical (unpaired) electrons. The summed E-state index contributed by atoms with van der Waals surface area (Å²) in [6.07, 6.45) is -5.08. The Morgan fingerprint density at radius 2 is 1.90 bits per heavy atom. The van der Waals surface area contributed by atoms with Gasteiger partial charge >= 0.3 is 6.18 Å². The number of methoxy groups -OCH3 is 1. The number of alkyl halides is 3. The Morgan fingerprint density at radius 1 is 1.40 bits per heavy atom. The highest BCUT2D eigenvalue weighted by molar-refractivity contribution is 4.45. The summed E-state index contributed by atoms with van der Waals surface area (Å²) in [6, 6.07) is 0. The van der Waals surface area contributed by atoms with E-state index in [1.807, 2.05) is 0 Å². The SMILES string of the molecule is COC(C)OCC(F)(F)F. The first kappa shape index (κ1) is 9.71. The first-order valence-electron chi connectivity index (χ1n) is 2.67. The molecule has 5 heteroatoms. The van der Waals surface area contributed by atoms with Crippen molar-refractivity contribution >= 4 is 0 Å². The molecule has 0 saturated carbocycles. The van der Waals surface area contributed by atoms with E-state index in [1.54, 1.807) is 0 Å². The van der Waals surface area contributed by atoms with Crippen molar-refractivity contribution in [3.05, 3.63) is 0 Å². The summed E-state index contributed by atoms with van der Waals surface area (Å²) in [6.45, 7) is 0.133. The number of rotatable bonds is 3. The average Bonchev–Trinajstić information content (AvgIpc) is 1.81. The van der Waals surface area contributed by atoms with Crippen LogP contribution < -0.4 is 0 Å². The van der Waals surface area contributed by atoms with Crippen LogP contribution in [0.15, 0.2) is 0 Å². The van der Waals surface area contributed by atoms with E-state index in [4.69, 9.17) is 0 Å². The molecule has 0 saturated heterocycles. The number of ether oxygens (including phenoxy) is 2. The van der Waals surface area contributed by atoms with Gasteiger partial charge in [0, 0.05) is 7.11 Å². The Bertz CT molecular complexity index is 91.4. The fraction of sp³-hybridized carbons (Fsp3) is 1.00. The molecule has 0 spiro atoms. The van der Waals surface area contributed by atoms with Gasteiger partial charge in [-0.3, -0.25) is 0 Å². The predicted molar refractivity (Wildman–Crippen MR) is 28.5 cm³/mol. The summed E-state index contributed by atoms with van der Waals surface area (Å²) in [7, 11) is 1.28. The molecule has 0 aromatic heterocycles. The van der Waals surface area contributed by atoms with Gasteiger partial charge in [0.25, 0.3) is 0 Å². The Labute approximate surface area is 56.9 Å². The molecule has 0 N–H and O–H groups in total. The molecule has 0 aromatic carbocycles. The van der Waals surface area contributed by atoms with Crippen LogP contribution in [0.1, 0.15) is 6.92 Å². The van der Waals surface area contributed by atoms with Gasteiger partial charge in [0.05, 0.1) is 0 Å². The second-order valence-electron chi connectivity index (χ2n) is 1.73. The Hall–Kier alpha value is -0.290. The standard InChI is InChI=1S/C5H9F3O2/c1-4(9-2)10-3-5(6,7)8/h4H,3H2,1-2H3. The third-order valence-electron chi connectivity index (χ3n) is 0.814. The van der Waals surface area contributed by atoms with Crippen molar-refractivity contribution in [2.75, 3.05) is 13.7 Å². The van der Waals surface area contributed by atoms with Crippen LogP contribution in [0.3, 0.4) is 0 Å². The molecule has 10 heavy (non-hydrogen) atoms. The van der Waals surface area contributed by atoms with Gasteiger partial charge in [0.2, 0.25) is 0 Å². The van der Waals surface area contributed by atoms with Crippen molar-refractivity contribution in [2.45, 2.75) is 19.4 Å². The second kappa shape index (κ2) is 3.78. The van der Waals surface area contributed by atoms with Gasteiger partial charge in [0.15, 0.2) is 6.29 Å². The molecule has 2 nitrogen and oxygen atoms in total. The minimum Gasteiger partial charge on any atom is -0.356 e. The molecule has 0 rings (SSSR count). The lowest BCUT2D eigenvalue weighted by atomic mass is 10.7. The molecular weight excluding hydrogens is 149 g/mol. The van der Waals surface area contributed by atoms with E-state index in [-0.39, 0.29) is 0 Å². The van der Waals surface area contributed by atoms with Gasteiger partial charge in [0.1, 0.15) is 6.61 Å². The highest BCUT2D eigenvalue weighted by atomic mass is 19.4. The number of hydrogen-bond donors (Lipinski definition) is 0. The predicted octanol–water partition coefficient (Wildman–Crippen LogP) is 1.56. The fourth-order valence-electron chi connectivity index (χ4n) is 0.280. The quantitative estimate of drug-likeness (QED) is 0.580. The van der Waals surface area contributed by atoms with Crippen LogP contribution in [0.5, 0.6) is 0 Å². The molecule has 1 atom stereocenters. The van der Waals surface area contributed by atoms with Gasteiger partial charge in [-0.2, -0.15) is 13.2 Å². The van der Waals surface area contributed by atoms with E-state index < -0.39 is 19.1 Å². The molecule has 0 heterocycles. The zero-order chi connectivity index (χ0) is 8.20. The lowest BCUT2D eigenvalue weighted by Crippen LogP contribution is -2.22. The van der Waals surface area contributed by atoms with Crippen molar-refractivity contribution < 1.29 is 22.6 Å². The van der Waals surface area contributed by atoms with Gasteiger partial charge in [-0.15, -0.1) is 0 Å². The maximum atomic E-state index is 11.4. The Balaban J connectivity index is 3.36. The van der Waals surface area contributed by atoms with E-state index in [0.717, 1.165) is 0 Å². The fourth-order valence-corrected chi connectivity index (χ4v) is 0.280. The van der Waals surface area contributed by atoms with Gasteiger partial charge in [-0.05, 0) is 6.92 Å². The van der Waals surface area contributed by atoms with E-state index in [9.17, 15) is 13.2 Å². The van der Waals surface area contributed by atoms with Crippen LogP contribution in [-0.4, -0.2) is 26.2 Å². The van der Waals surface area contributed by atoms with Crippen LogP contribution in [0, 0.1) is 0 Å². The third kappa shape index (κ3) is 5.84. The van der Waals surface area contributed by atoms with Crippen molar-refractivity contribution in [3.8, 4) is 0 Å². The van der Waals surface area contributed by atoms with Crippen LogP contribution in [-0.2, 0) is 9.47 Å². The van der Waals surface area contributed by atoms with E-state index in [2.05, 4.69) is 9.47 Å². The number of halogens is 3. The molecule has 1 unspecified atom stereocenters. The normalized spacial score (nSPS) is 15.3. The maximum absolute atomic E-state index is 11.4. The molecule has 0 aliphatic heterocycles. The number of hydrogen-bond acceptors (Lipinski definition) is 2. The average molecular weight is 158 g/mol. The molecule has 0 aliphatic carbocycles. The summed E-state index contributed by atoms with van der Waals surface area (Å²) in [5, 5.41) is 0. The molecular formula is C5H9F3O2. The van der Waals surface area contributed by atoms with Crippen LogP contribution in [0.4, 0.5) is 13.2 Å². The topological polar surface area (TPSA) is 18.5 Å². The van der Waals surface area contributed by atoms with E-state index in [1.165, 1.54) is 14.0 Å². The van der Waals surface area contributed by atoms with E-state index >= 15 is 0 Å². The van der Waals surface area contributed by atoms with Gasteiger partial charge in [-0.1, -0.05) is 0 Å². The minimum absolute atomic E-state index is 0.804. The van der Waals surface area contributed by atoms with Crippen molar-refractivity contribution in [2.24, 2.45) is 0 Å².